The maximum Gasteiger partial charge on any atom is 0.410 e. The Morgan fingerprint density at radius 2 is 1.42 bits per heavy atom. The van der Waals surface area contributed by atoms with Crippen molar-refractivity contribution in [1.29, 1.82) is 0 Å². The second-order valence-electron chi connectivity index (χ2n) is 8.52. The number of hydrogen-bond acceptors (Lipinski definition) is 4. The van der Waals surface area contributed by atoms with Gasteiger partial charge in [-0.15, -0.1) is 0 Å². The van der Waals surface area contributed by atoms with E-state index in [-0.39, 0.29) is 29.8 Å². The van der Waals surface area contributed by atoms with Gasteiger partial charge in [-0.3, -0.25) is 4.90 Å². The average Bonchev–Trinajstić information content (AvgIpc) is 2.71. The number of hydrogen-bond donors (Lipinski definition) is 0. The number of benzene rings is 2. The molecule has 1 amide bonds. The lowest BCUT2D eigenvalue weighted by molar-refractivity contribution is -0.0980. The van der Waals surface area contributed by atoms with Crippen molar-refractivity contribution >= 4 is 12.9 Å². The zero-order valence-corrected chi connectivity index (χ0v) is 18.5. The quantitative estimate of drug-likeness (QED) is 0.698. The van der Waals surface area contributed by atoms with E-state index in [1.807, 2.05) is 34.5 Å². The van der Waals surface area contributed by atoms with E-state index in [1.54, 1.807) is 29.2 Å². The minimum atomic E-state index is -0.543. The molecule has 0 radical (unpaired) electrons. The number of ether oxygens (including phenoxy) is 1. The molecule has 1 aliphatic rings. The van der Waals surface area contributed by atoms with Crippen LogP contribution in [0.2, 0.25) is 0 Å². The molecular formula is C24H30F2N2O3. The van der Waals surface area contributed by atoms with E-state index in [9.17, 15) is 13.6 Å². The second-order valence-corrected chi connectivity index (χ2v) is 8.52. The highest BCUT2D eigenvalue weighted by Crippen LogP contribution is 2.31. The third-order valence-electron chi connectivity index (χ3n) is 5.02. The van der Waals surface area contributed by atoms with Crippen LogP contribution < -0.4 is 0 Å². The molecule has 31 heavy (non-hydrogen) atoms. The van der Waals surface area contributed by atoms with Gasteiger partial charge in [0, 0.05) is 25.7 Å². The van der Waals surface area contributed by atoms with Gasteiger partial charge in [0.05, 0.1) is 6.04 Å². The maximum atomic E-state index is 13.5. The standard InChI is InChI=1S/C23H28F2N2O2.CH2O/c1-16-15-26(13-14-27(16)22(28)29-23(2,3)4)21(17-5-9-19(24)10-6-17)18-7-11-20(25)12-8-18;1-2/h5-12,16,21H,13-15H2,1-4H3;1H2. The Labute approximate surface area is 182 Å². The van der Waals surface area contributed by atoms with Gasteiger partial charge in [0.2, 0.25) is 0 Å². The van der Waals surface area contributed by atoms with Crippen LogP contribution in [0.1, 0.15) is 44.9 Å². The normalized spacial score (nSPS) is 17.1. The van der Waals surface area contributed by atoms with Crippen molar-refractivity contribution in [3.63, 3.8) is 0 Å². The first-order valence-corrected chi connectivity index (χ1v) is 10.2. The molecule has 0 saturated carbocycles. The average molecular weight is 433 g/mol. The highest BCUT2D eigenvalue weighted by molar-refractivity contribution is 5.68. The minimum absolute atomic E-state index is 0.0537. The number of rotatable bonds is 3. The van der Waals surface area contributed by atoms with Gasteiger partial charge in [0.25, 0.3) is 0 Å². The molecule has 0 N–H and O–H groups in total. The lowest BCUT2D eigenvalue weighted by Crippen LogP contribution is -2.55. The molecule has 1 unspecified atom stereocenters. The Balaban J connectivity index is 0.00000166. The fraction of sp³-hybridized carbons (Fsp3) is 0.417. The number of nitrogens with zero attached hydrogens (tertiary/aromatic N) is 2. The van der Waals surface area contributed by atoms with Gasteiger partial charge in [-0.2, -0.15) is 0 Å². The fourth-order valence-corrected chi connectivity index (χ4v) is 3.72. The molecule has 0 spiro atoms. The maximum absolute atomic E-state index is 13.5. The van der Waals surface area contributed by atoms with Crippen LogP contribution in [0.15, 0.2) is 48.5 Å². The Bertz CT molecular complexity index is 805. The first-order valence-electron chi connectivity index (χ1n) is 10.2. The highest BCUT2D eigenvalue weighted by Gasteiger charge is 2.34. The van der Waals surface area contributed by atoms with Gasteiger partial charge in [0.1, 0.15) is 24.0 Å². The summed E-state index contributed by atoms with van der Waals surface area (Å²) < 4.78 is 32.5. The van der Waals surface area contributed by atoms with Crippen molar-refractivity contribution in [3.8, 4) is 0 Å². The predicted octanol–water partition coefficient (Wildman–Crippen LogP) is 4.81. The minimum Gasteiger partial charge on any atom is -0.444 e. The number of carbonyl (C=O) groups excluding carboxylic acids is 2. The zero-order valence-electron chi connectivity index (χ0n) is 18.5. The van der Waals surface area contributed by atoms with Crippen LogP contribution in [-0.4, -0.2) is 54.0 Å². The summed E-state index contributed by atoms with van der Waals surface area (Å²) in [6.45, 7) is 11.3. The fourth-order valence-electron chi connectivity index (χ4n) is 3.72. The Kier molecular flexibility index (Phi) is 8.28. The second kappa shape index (κ2) is 10.5. The summed E-state index contributed by atoms with van der Waals surface area (Å²) in [4.78, 5) is 24.5. The van der Waals surface area contributed by atoms with Crippen molar-refractivity contribution in [1.82, 2.24) is 9.80 Å². The van der Waals surface area contributed by atoms with Crippen LogP contribution >= 0.6 is 0 Å². The lowest BCUT2D eigenvalue weighted by atomic mass is 9.95. The summed E-state index contributed by atoms with van der Waals surface area (Å²) in [7, 11) is 0. The third-order valence-corrected chi connectivity index (χ3v) is 5.02. The summed E-state index contributed by atoms with van der Waals surface area (Å²) in [6.07, 6.45) is -0.315. The molecular weight excluding hydrogens is 402 g/mol. The van der Waals surface area contributed by atoms with Crippen molar-refractivity contribution in [3.05, 3.63) is 71.3 Å². The van der Waals surface area contributed by atoms with E-state index in [0.717, 1.165) is 11.1 Å². The van der Waals surface area contributed by atoms with Crippen molar-refractivity contribution in [2.45, 2.75) is 45.4 Å². The number of carbonyl (C=O) groups is 2. The summed E-state index contributed by atoms with van der Waals surface area (Å²) in [6, 6.07) is 12.6. The largest absolute Gasteiger partial charge is 0.444 e. The molecule has 0 bridgehead atoms. The monoisotopic (exact) mass is 432 g/mol. The molecule has 1 saturated heterocycles. The highest BCUT2D eigenvalue weighted by atomic mass is 19.1. The summed E-state index contributed by atoms with van der Waals surface area (Å²) in [5, 5.41) is 0. The van der Waals surface area contributed by atoms with Crippen molar-refractivity contribution in [2.24, 2.45) is 0 Å². The van der Waals surface area contributed by atoms with Crippen LogP contribution in [0.4, 0.5) is 13.6 Å². The van der Waals surface area contributed by atoms with Gasteiger partial charge in [-0.25, -0.2) is 13.6 Å². The molecule has 2 aromatic rings. The molecule has 0 aliphatic carbocycles. The number of halogens is 2. The van der Waals surface area contributed by atoms with Crippen LogP contribution in [0.5, 0.6) is 0 Å². The topological polar surface area (TPSA) is 49.9 Å². The third kappa shape index (κ3) is 6.59. The molecule has 1 heterocycles. The predicted molar refractivity (Wildman–Crippen MR) is 116 cm³/mol. The Hall–Kier alpha value is -2.80. The van der Waals surface area contributed by atoms with Crippen LogP contribution in [-0.2, 0) is 9.53 Å². The first kappa shape index (κ1) is 24.5. The first-order chi connectivity index (χ1) is 14.6. The Morgan fingerprint density at radius 1 is 0.968 bits per heavy atom. The van der Waals surface area contributed by atoms with E-state index in [1.165, 1.54) is 24.3 Å². The molecule has 1 aliphatic heterocycles. The van der Waals surface area contributed by atoms with Crippen molar-refractivity contribution in [2.75, 3.05) is 19.6 Å². The molecule has 168 valence electrons. The van der Waals surface area contributed by atoms with E-state index >= 15 is 0 Å². The van der Waals surface area contributed by atoms with E-state index < -0.39 is 5.60 Å². The van der Waals surface area contributed by atoms with Crippen LogP contribution in [0.25, 0.3) is 0 Å². The van der Waals surface area contributed by atoms with Gasteiger partial charge in [0.15, 0.2) is 0 Å². The number of piperazine rings is 1. The molecule has 1 fully saturated rings. The van der Waals surface area contributed by atoms with Gasteiger partial charge in [-0.05, 0) is 63.1 Å². The molecule has 0 aromatic heterocycles. The van der Waals surface area contributed by atoms with Gasteiger partial charge in [-0.1, -0.05) is 24.3 Å². The summed E-state index contributed by atoms with van der Waals surface area (Å²) in [5.41, 5.74) is 1.31. The molecule has 7 heteroatoms. The van der Waals surface area contributed by atoms with Gasteiger partial charge < -0.3 is 14.4 Å². The molecule has 2 aromatic carbocycles. The van der Waals surface area contributed by atoms with E-state index in [0.29, 0.717) is 19.6 Å². The smallest absolute Gasteiger partial charge is 0.410 e. The number of amides is 1. The van der Waals surface area contributed by atoms with Crippen molar-refractivity contribution < 1.29 is 23.1 Å². The van der Waals surface area contributed by atoms with E-state index in [4.69, 9.17) is 9.53 Å². The summed E-state index contributed by atoms with van der Waals surface area (Å²) >= 11 is 0. The SMILES string of the molecule is C=O.CC1CN(C(c2ccc(F)cc2)c2ccc(F)cc2)CCN1C(=O)OC(C)(C)C. The zero-order chi connectivity index (χ0) is 23.2. The lowest BCUT2D eigenvalue weighted by Gasteiger charge is -2.43. The van der Waals surface area contributed by atoms with Crippen LogP contribution in [0, 0.1) is 11.6 Å². The van der Waals surface area contributed by atoms with E-state index in [2.05, 4.69) is 4.90 Å². The Morgan fingerprint density at radius 3 is 1.81 bits per heavy atom. The van der Waals surface area contributed by atoms with Crippen LogP contribution in [0.3, 0.4) is 0 Å². The molecule has 3 rings (SSSR count). The molecule has 1 atom stereocenters. The molecule has 5 nitrogen and oxygen atoms in total. The summed E-state index contributed by atoms with van der Waals surface area (Å²) in [5.74, 6) is -0.593. The van der Waals surface area contributed by atoms with Gasteiger partial charge >= 0.3 is 6.09 Å².